The molecule has 0 spiro atoms. The highest BCUT2D eigenvalue weighted by atomic mass is 16.5. The van der Waals surface area contributed by atoms with E-state index in [0.717, 1.165) is 11.1 Å². The molecule has 1 aliphatic carbocycles. The van der Waals surface area contributed by atoms with Gasteiger partial charge in [0.1, 0.15) is 0 Å². The van der Waals surface area contributed by atoms with Crippen molar-refractivity contribution in [2.24, 2.45) is 0 Å². The summed E-state index contributed by atoms with van der Waals surface area (Å²) in [6.45, 7) is 0. The first-order valence-electron chi connectivity index (χ1n) is 4.56. The van der Waals surface area contributed by atoms with E-state index in [1.54, 1.807) is 6.08 Å². The Labute approximate surface area is 82.8 Å². The molecule has 0 amide bonds. The molecular formula is C12H12O2. The van der Waals surface area contributed by atoms with Gasteiger partial charge in [-0.05, 0) is 17.2 Å². The predicted octanol–water partition coefficient (Wildman–Crippen LogP) is 1.71. The van der Waals surface area contributed by atoms with Gasteiger partial charge in [0.15, 0.2) is 5.79 Å². The van der Waals surface area contributed by atoms with Crippen LogP contribution >= 0.6 is 0 Å². The summed E-state index contributed by atoms with van der Waals surface area (Å²) in [6, 6.07) is 9.73. The van der Waals surface area contributed by atoms with Crippen molar-refractivity contribution in [1.82, 2.24) is 0 Å². The maximum Gasteiger partial charge on any atom is 0.187 e. The zero-order valence-corrected chi connectivity index (χ0v) is 7.72. The van der Waals surface area contributed by atoms with Crippen molar-refractivity contribution in [3.8, 4) is 0 Å². The Morgan fingerprint density at radius 3 is 2.43 bits per heavy atom. The minimum Gasteiger partial charge on any atom is -0.362 e. The van der Waals surface area contributed by atoms with Gasteiger partial charge in [0.2, 0.25) is 0 Å². The first-order valence-corrected chi connectivity index (χ1v) is 4.56. The zero-order chi connectivity index (χ0) is 10.0. The number of hydrogen-bond acceptors (Lipinski definition) is 2. The number of aliphatic hydroxyl groups is 2. The van der Waals surface area contributed by atoms with Crippen molar-refractivity contribution < 1.29 is 10.2 Å². The zero-order valence-electron chi connectivity index (χ0n) is 7.72. The lowest BCUT2D eigenvalue weighted by molar-refractivity contribution is -0.113. The van der Waals surface area contributed by atoms with Gasteiger partial charge in [0.05, 0.1) is 0 Å². The summed E-state index contributed by atoms with van der Waals surface area (Å²) < 4.78 is 0. The van der Waals surface area contributed by atoms with Crippen LogP contribution < -0.4 is 0 Å². The summed E-state index contributed by atoms with van der Waals surface area (Å²) >= 11 is 0. The van der Waals surface area contributed by atoms with Crippen LogP contribution in [0.4, 0.5) is 0 Å². The molecule has 2 rings (SSSR count). The van der Waals surface area contributed by atoms with Gasteiger partial charge < -0.3 is 10.2 Å². The highest BCUT2D eigenvalue weighted by Crippen LogP contribution is 2.27. The minimum atomic E-state index is -1.69. The maximum absolute atomic E-state index is 9.43. The lowest BCUT2D eigenvalue weighted by Crippen LogP contribution is -2.26. The summed E-state index contributed by atoms with van der Waals surface area (Å²) in [5.41, 5.74) is 1.97. The van der Waals surface area contributed by atoms with E-state index in [9.17, 15) is 10.2 Å². The Morgan fingerprint density at radius 2 is 1.79 bits per heavy atom. The van der Waals surface area contributed by atoms with Gasteiger partial charge in [-0.25, -0.2) is 0 Å². The predicted molar refractivity (Wildman–Crippen MR) is 55.3 cm³/mol. The van der Waals surface area contributed by atoms with Gasteiger partial charge in [-0.3, -0.25) is 0 Å². The molecule has 72 valence electrons. The molecule has 0 unspecified atom stereocenters. The van der Waals surface area contributed by atoms with Crippen molar-refractivity contribution >= 4 is 5.57 Å². The number of rotatable bonds is 1. The molecule has 0 bridgehead atoms. The van der Waals surface area contributed by atoms with E-state index in [-0.39, 0.29) is 6.42 Å². The van der Waals surface area contributed by atoms with Gasteiger partial charge >= 0.3 is 0 Å². The number of benzene rings is 1. The SMILES string of the molecule is OC1(O)C=CC=C(c2ccccc2)C1. The molecule has 14 heavy (non-hydrogen) atoms. The standard InChI is InChI=1S/C12H12O2/c13-12(14)8-4-7-11(9-12)10-5-2-1-3-6-10/h1-8,13-14H,9H2. The van der Waals surface area contributed by atoms with Gasteiger partial charge in [0.25, 0.3) is 0 Å². The van der Waals surface area contributed by atoms with Crippen LogP contribution in [0.25, 0.3) is 5.57 Å². The molecule has 0 radical (unpaired) electrons. The highest BCUT2D eigenvalue weighted by molar-refractivity contribution is 5.69. The fourth-order valence-electron chi connectivity index (χ4n) is 1.57. The van der Waals surface area contributed by atoms with Gasteiger partial charge in [-0.2, -0.15) is 0 Å². The second-order valence-electron chi connectivity index (χ2n) is 3.47. The average molecular weight is 188 g/mol. The molecule has 0 aliphatic heterocycles. The van der Waals surface area contributed by atoms with Gasteiger partial charge in [-0.1, -0.05) is 42.5 Å². The molecule has 0 fully saturated rings. The summed E-state index contributed by atoms with van der Waals surface area (Å²) in [5.74, 6) is -1.69. The third-order valence-electron chi connectivity index (χ3n) is 2.26. The fourth-order valence-corrected chi connectivity index (χ4v) is 1.57. The van der Waals surface area contributed by atoms with Crippen LogP contribution in [0.15, 0.2) is 48.6 Å². The Morgan fingerprint density at radius 1 is 1.07 bits per heavy atom. The summed E-state index contributed by atoms with van der Waals surface area (Å²) in [6.07, 6.45) is 5.21. The minimum absolute atomic E-state index is 0.244. The van der Waals surface area contributed by atoms with E-state index in [4.69, 9.17) is 0 Å². The molecule has 0 saturated carbocycles. The smallest absolute Gasteiger partial charge is 0.187 e. The van der Waals surface area contributed by atoms with Gasteiger partial charge in [0, 0.05) is 6.42 Å². The average Bonchev–Trinajstić information content (AvgIpc) is 2.18. The lowest BCUT2D eigenvalue weighted by atomic mass is 9.94. The molecule has 2 N–H and O–H groups in total. The second kappa shape index (κ2) is 3.40. The summed E-state index contributed by atoms with van der Waals surface area (Å²) in [7, 11) is 0. The third kappa shape index (κ3) is 1.92. The van der Waals surface area contributed by atoms with E-state index in [2.05, 4.69) is 0 Å². The van der Waals surface area contributed by atoms with Crippen molar-refractivity contribution in [3.05, 3.63) is 54.1 Å². The van der Waals surface area contributed by atoms with Crippen LogP contribution in [-0.4, -0.2) is 16.0 Å². The van der Waals surface area contributed by atoms with E-state index in [1.165, 1.54) is 6.08 Å². The van der Waals surface area contributed by atoms with Crippen molar-refractivity contribution in [2.45, 2.75) is 12.2 Å². The first-order chi connectivity index (χ1) is 6.67. The fraction of sp³-hybridized carbons (Fsp3) is 0.167. The summed E-state index contributed by atoms with van der Waals surface area (Å²) in [5, 5.41) is 18.9. The Kier molecular flexibility index (Phi) is 2.23. The van der Waals surface area contributed by atoms with Gasteiger partial charge in [-0.15, -0.1) is 0 Å². The van der Waals surface area contributed by atoms with Crippen molar-refractivity contribution in [2.75, 3.05) is 0 Å². The third-order valence-corrected chi connectivity index (χ3v) is 2.26. The van der Waals surface area contributed by atoms with Crippen LogP contribution in [0.5, 0.6) is 0 Å². The first kappa shape index (κ1) is 9.19. The van der Waals surface area contributed by atoms with E-state index < -0.39 is 5.79 Å². The number of hydrogen-bond donors (Lipinski definition) is 2. The topological polar surface area (TPSA) is 40.5 Å². The number of allylic oxidation sites excluding steroid dienone is 2. The highest BCUT2D eigenvalue weighted by Gasteiger charge is 2.23. The van der Waals surface area contributed by atoms with E-state index in [1.807, 2.05) is 36.4 Å². The second-order valence-corrected chi connectivity index (χ2v) is 3.47. The molecular weight excluding hydrogens is 176 g/mol. The largest absolute Gasteiger partial charge is 0.362 e. The van der Waals surface area contributed by atoms with Crippen LogP contribution in [-0.2, 0) is 0 Å². The van der Waals surface area contributed by atoms with Crippen LogP contribution in [0.3, 0.4) is 0 Å². The van der Waals surface area contributed by atoms with Crippen molar-refractivity contribution in [3.63, 3.8) is 0 Å². The Balaban J connectivity index is 2.30. The molecule has 0 saturated heterocycles. The Bertz CT molecular complexity index is 375. The molecule has 1 aromatic rings. The maximum atomic E-state index is 9.43. The molecule has 1 aromatic carbocycles. The van der Waals surface area contributed by atoms with Crippen LogP contribution in [0.1, 0.15) is 12.0 Å². The Hall–Kier alpha value is -1.38. The lowest BCUT2D eigenvalue weighted by Gasteiger charge is -2.22. The van der Waals surface area contributed by atoms with Crippen molar-refractivity contribution in [1.29, 1.82) is 0 Å². The quantitative estimate of drug-likeness (QED) is 0.659. The monoisotopic (exact) mass is 188 g/mol. The molecule has 0 aromatic heterocycles. The molecule has 1 aliphatic rings. The molecule has 2 heteroatoms. The van der Waals surface area contributed by atoms with E-state index in [0.29, 0.717) is 0 Å². The van der Waals surface area contributed by atoms with Crippen LogP contribution in [0.2, 0.25) is 0 Å². The molecule has 0 atom stereocenters. The summed E-state index contributed by atoms with van der Waals surface area (Å²) in [4.78, 5) is 0. The van der Waals surface area contributed by atoms with Crippen LogP contribution in [0, 0.1) is 0 Å². The normalized spacial score (nSPS) is 19.1. The molecule has 2 nitrogen and oxygen atoms in total. The molecule has 0 heterocycles. The van der Waals surface area contributed by atoms with E-state index >= 15 is 0 Å².